The molecule has 2 N–H and O–H groups in total. The maximum atomic E-state index is 13.1. The van der Waals surface area contributed by atoms with Gasteiger partial charge < -0.3 is 10.4 Å². The first-order valence-electron chi connectivity index (χ1n) is 4.63. The minimum absolute atomic E-state index is 0.108. The fourth-order valence-corrected chi connectivity index (χ4v) is 1.15. The van der Waals surface area contributed by atoms with Crippen LogP contribution in [0.3, 0.4) is 0 Å². The summed E-state index contributed by atoms with van der Waals surface area (Å²) in [5, 5.41) is 10.9. The molecule has 0 unspecified atom stereocenters. The van der Waals surface area contributed by atoms with E-state index in [1.807, 2.05) is 0 Å². The minimum Gasteiger partial charge on any atom is -0.478 e. The van der Waals surface area contributed by atoms with Gasteiger partial charge in [-0.2, -0.15) is 13.2 Å². The van der Waals surface area contributed by atoms with E-state index >= 15 is 0 Å². The van der Waals surface area contributed by atoms with Crippen LogP contribution < -0.4 is 5.32 Å². The largest absolute Gasteiger partial charge is 0.478 e. The summed E-state index contributed by atoms with van der Waals surface area (Å²) >= 11 is 0. The average Bonchev–Trinajstić information content (AvgIpc) is 2.15. The van der Waals surface area contributed by atoms with Crippen LogP contribution in [0.25, 0.3) is 0 Å². The normalized spacial score (nSPS) is 11.3. The molecule has 0 spiro atoms. The Labute approximate surface area is 94.1 Å². The molecule has 7 heteroatoms. The number of aromatic carboxylic acids is 1. The number of carboxylic acid groups (broad SMARTS) is 1. The molecular formula is C10H9F4NO2. The van der Waals surface area contributed by atoms with Crippen molar-refractivity contribution in [1.82, 2.24) is 0 Å². The summed E-state index contributed by atoms with van der Waals surface area (Å²) in [7, 11) is 0. The quantitative estimate of drug-likeness (QED) is 0.809. The second-order valence-electron chi connectivity index (χ2n) is 3.29. The lowest BCUT2D eigenvalue weighted by molar-refractivity contribution is -0.131. The van der Waals surface area contributed by atoms with Crippen molar-refractivity contribution in [2.75, 3.05) is 11.9 Å². The number of rotatable bonds is 4. The molecule has 1 rings (SSSR count). The number of halogens is 4. The molecule has 0 aromatic heterocycles. The van der Waals surface area contributed by atoms with E-state index in [9.17, 15) is 22.4 Å². The lowest BCUT2D eigenvalue weighted by Gasteiger charge is -2.09. The highest BCUT2D eigenvalue weighted by Gasteiger charge is 2.26. The Morgan fingerprint density at radius 3 is 2.47 bits per heavy atom. The van der Waals surface area contributed by atoms with E-state index in [1.165, 1.54) is 6.07 Å². The summed E-state index contributed by atoms with van der Waals surface area (Å²) in [6.07, 6.45) is -5.33. The van der Waals surface area contributed by atoms with E-state index in [-0.39, 0.29) is 5.69 Å². The zero-order valence-electron chi connectivity index (χ0n) is 8.51. The Bertz CT molecular complexity index is 417. The molecule has 1 aromatic carbocycles. The predicted molar refractivity (Wildman–Crippen MR) is 52.5 cm³/mol. The number of anilines is 1. The summed E-state index contributed by atoms with van der Waals surface area (Å²) < 4.78 is 48.6. The molecular weight excluding hydrogens is 242 g/mol. The van der Waals surface area contributed by atoms with E-state index in [1.54, 1.807) is 0 Å². The molecule has 94 valence electrons. The third-order valence-electron chi connectivity index (χ3n) is 1.94. The lowest BCUT2D eigenvalue weighted by Crippen LogP contribution is -2.14. The van der Waals surface area contributed by atoms with Crippen molar-refractivity contribution in [1.29, 1.82) is 0 Å². The molecule has 0 saturated carbocycles. The third-order valence-corrected chi connectivity index (χ3v) is 1.94. The monoisotopic (exact) mass is 251 g/mol. The molecule has 0 radical (unpaired) electrons. The number of benzene rings is 1. The van der Waals surface area contributed by atoms with Crippen LogP contribution in [-0.2, 0) is 0 Å². The van der Waals surface area contributed by atoms with E-state index < -0.39 is 36.5 Å². The van der Waals surface area contributed by atoms with Crippen LogP contribution in [0.15, 0.2) is 18.2 Å². The summed E-state index contributed by atoms with van der Waals surface area (Å²) in [5.41, 5.74) is -0.414. The Morgan fingerprint density at radius 2 is 2.00 bits per heavy atom. The summed E-state index contributed by atoms with van der Waals surface area (Å²) in [5.74, 6) is -2.42. The fraction of sp³-hybridized carbons (Fsp3) is 0.300. The number of hydrogen-bond acceptors (Lipinski definition) is 2. The van der Waals surface area contributed by atoms with Crippen molar-refractivity contribution in [2.45, 2.75) is 12.6 Å². The standard InChI is InChI=1S/C10H9F4NO2/c11-8-5-6(1-2-7(8)9(16)17)15-4-3-10(12,13)14/h1-2,5,15H,3-4H2,(H,16,17). The topological polar surface area (TPSA) is 49.3 Å². The van der Waals surface area contributed by atoms with Crippen LogP contribution in [0, 0.1) is 5.82 Å². The third kappa shape index (κ3) is 4.29. The Hall–Kier alpha value is -1.79. The number of alkyl halides is 3. The molecule has 0 aliphatic heterocycles. The highest BCUT2D eigenvalue weighted by Crippen LogP contribution is 2.20. The van der Waals surface area contributed by atoms with Crippen molar-refractivity contribution in [2.24, 2.45) is 0 Å². The number of hydrogen-bond donors (Lipinski definition) is 2. The number of nitrogens with one attached hydrogen (secondary N) is 1. The SMILES string of the molecule is O=C(O)c1ccc(NCCC(F)(F)F)cc1F. The molecule has 0 fully saturated rings. The van der Waals surface area contributed by atoms with Gasteiger partial charge in [0, 0.05) is 12.2 Å². The lowest BCUT2D eigenvalue weighted by atomic mass is 10.2. The maximum Gasteiger partial charge on any atom is 0.390 e. The first-order valence-corrected chi connectivity index (χ1v) is 4.63. The van der Waals surface area contributed by atoms with E-state index in [0.29, 0.717) is 0 Å². The van der Waals surface area contributed by atoms with Gasteiger partial charge in [0.05, 0.1) is 12.0 Å². The van der Waals surface area contributed by atoms with Gasteiger partial charge in [-0.05, 0) is 18.2 Å². The number of carbonyl (C=O) groups is 1. The molecule has 0 amide bonds. The average molecular weight is 251 g/mol. The van der Waals surface area contributed by atoms with Gasteiger partial charge in [-0.3, -0.25) is 0 Å². The van der Waals surface area contributed by atoms with Crippen molar-refractivity contribution in [3.63, 3.8) is 0 Å². The summed E-state index contributed by atoms with van der Waals surface area (Å²) in [4.78, 5) is 10.5. The number of carboxylic acids is 1. The molecule has 0 atom stereocenters. The van der Waals surface area contributed by atoms with Crippen LogP contribution in [0.2, 0.25) is 0 Å². The van der Waals surface area contributed by atoms with Gasteiger partial charge in [0.1, 0.15) is 5.82 Å². The smallest absolute Gasteiger partial charge is 0.390 e. The zero-order valence-corrected chi connectivity index (χ0v) is 8.51. The molecule has 1 aromatic rings. The van der Waals surface area contributed by atoms with Gasteiger partial charge in [-0.1, -0.05) is 0 Å². The molecule has 0 aliphatic carbocycles. The van der Waals surface area contributed by atoms with Gasteiger partial charge in [-0.25, -0.2) is 9.18 Å². The fourth-order valence-electron chi connectivity index (χ4n) is 1.15. The van der Waals surface area contributed by atoms with Crippen molar-refractivity contribution in [3.05, 3.63) is 29.6 Å². The molecule has 17 heavy (non-hydrogen) atoms. The van der Waals surface area contributed by atoms with E-state index in [0.717, 1.165) is 12.1 Å². The Kier molecular flexibility index (Phi) is 3.93. The first-order chi connectivity index (χ1) is 7.79. The summed E-state index contributed by atoms with van der Waals surface area (Å²) in [6.45, 7) is -0.393. The van der Waals surface area contributed by atoms with Crippen LogP contribution >= 0.6 is 0 Å². The molecule has 3 nitrogen and oxygen atoms in total. The second-order valence-corrected chi connectivity index (χ2v) is 3.29. The Balaban J connectivity index is 2.62. The van der Waals surface area contributed by atoms with Gasteiger partial charge in [0.25, 0.3) is 0 Å². The highest BCUT2D eigenvalue weighted by atomic mass is 19.4. The van der Waals surface area contributed by atoms with E-state index in [4.69, 9.17) is 5.11 Å². The molecule has 0 heterocycles. The highest BCUT2D eigenvalue weighted by molar-refractivity contribution is 5.88. The first kappa shape index (κ1) is 13.3. The predicted octanol–water partition coefficient (Wildman–Crippen LogP) is 2.89. The minimum atomic E-state index is -4.29. The van der Waals surface area contributed by atoms with Crippen molar-refractivity contribution < 1.29 is 27.5 Å². The van der Waals surface area contributed by atoms with Crippen LogP contribution in [0.5, 0.6) is 0 Å². The summed E-state index contributed by atoms with van der Waals surface area (Å²) in [6, 6.07) is 3.05. The van der Waals surface area contributed by atoms with E-state index in [2.05, 4.69) is 5.32 Å². The van der Waals surface area contributed by atoms with Crippen LogP contribution in [-0.4, -0.2) is 23.8 Å². The van der Waals surface area contributed by atoms with Crippen molar-refractivity contribution >= 4 is 11.7 Å². The molecule has 0 aliphatic rings. The van der Waals surface area contributed by atoms with Gasteiger partial charge in [-0.15, -0.1) is 0 Å². The van der Waals surface area contributed by atoms with Crippen LogP contribution in [0.1, 0.15) is 16.8 Å². The zero-order chi connectivity index (χ0) is 13.1. The molecule has 0 saturated heterocycles. The second kappa shape index (κ2) is 5.03. The Morgan fingerprint density at radius 1 is 1.35 bits per heavy atom. The van der Waals surface area contributed by atoms with Crippen molar-refractivity contribution in [3.8, 4) is 0 Å². The van der Waals surface area contributed by atoms with Crippen LogP contribution in [0.4, 0.5) is 23.2 Å². The maximum absolute atomic E-state index is 13.1. The van der Waals surface area contributed by atoms with Gasteiger partial charge >= 0.3 is 12.1 Å². The molecule has 0 bridgehead atoms. The van der Waals surface area contributed by atoms with Gasteiger partial charge in [0.15, 0.2) is 0 Å². The van der Waals surface area contributed by atoms with Gasteiger partial charge in [0.2, 0.25) is 0 Å².